The molecule has 1 aliphatic heterocycles. The minimum Gasteiger partial charge on any atom is -0.454 e. The fourth-order valence-corrected chi connectivity index (χ4v) is 4.21. The lowest BCUT2D eigenvalue weighted by Gasteiger charge is -2.06. The maximum absolute atomic E-state index is 12.5. The molecule has 1 aliphatic rings. The second kappa shape index (κ2) is 6.97. The van der Waals surface area contributed by atoms with Gasteiger partial charge in [-0.25, -0.2) is 4.98 Å². The predicted molar refractivity (Wildman–Crippen MR) is 101 cm³/mol. The zero-order valence-electron chi connectivity index (χ0n) is 14.1. The molecule has 3 aromatic rings. The van der Waals surface area contributed by atoms with E-state index < -0.39 is 10.8 Å². The number of aromatic nitrogens is 1. The third-order valence-corrected chi connectivity index (χ3v) is 5.77. The quantitative estimate of drug-likeness (QED) is 0.514. The van der Waals surface area contributed by atoms with E-state index in [1.165, 1.54) is 23.5 Å². The van der Waals surface area contributed by atoms with Crippen molar-refractivity contribution < 1.29 is 19.2 Å². The Kier molecular flexibility index (Phi) is 4.50. The van der Waals surface area contributed by atoms with Crippen LogP contribution in [-0.4, -0.2) is 22.6 Å². The van der Waals surface area contributed by atoms with Gasteiger partial charge in [0.05, 0.1) is 33.1 Å². The number of nitrogens with zero attached hydrogens (tertiary/aromatic N) is 2. The van der Waals surface area contributed by atoms with Crippen LogP contribution in [-0.2, 0) is 6.54 Å². The van der Waals surface area contributed by atoms with Crippen molar-refractivity contribution in [1.29, 1.82) is 0 Å². The van der Waals surface area contributed by atoms with E-state index in [0.29, 0.717) is 5.75 Å². The monoisotopic (exact) mass is 403 g/mol. The van der Waals surface area contributed by atoms with Gasteiger partial charge in [-0.15, -0.1) is 22.7 Å². The first kappa shape index (κ1) is 17.4. The molecule has 27 heavy (non-hydrogen) atoms. The van der Waals surface area contributed by atoms with Crippen LogP contribution >= 0.6 is 22.7 Å². The molecule has 8 nitrogen and oxygen atoms in total. The Morgan fingerprint density at radius 1 is 1.33 bits per heavy atom. The van der Waals surface area contributed by atoms with Crippen LogP contribution in [0.3, 0.4) is 0 Å². The molecule has 4 rings (SSSR count). The number of aryl methyl sites for hydroxylation is 1. The van der Waals surface area contributed by atoms with Gasteiger partial charge in [-0.3, -0.25) is 14.9 Å². The number of carbonyl (C=O) groups is 1. The summed E-state index contributed by atoms with van der Waals surface area (Å²) in [5, 5.41) is 17.0. The molecule has 0 bridgehead atoms. The topological polar surface area (TPSA) is 104 Å². The molecule has 0 unspecified atom stereocenters. The van der Waals surface area contributed by atoms with Crippen LogP contribution in [0.4, 0.5) is 5.69 Å². The Bertz CT molecular complexity index is 1040. The highest BCUT2D eigenvalue weighted by Crippen LogP contribution is 2.38. The first-order chi connectivity index (χ1) is 13.0. The molecule has 0 atom stereocenters. The number of hydrogen-bond acceptors (Lipinski definition) is 8. The van der Waals surface area contributed by atoms with Gasteiger partial charge < -0.3 is 14.8 Å². The van der Waals surface area contributed by atoms with Crippen molar-refractivity contribution in [2.45, 2.75) is 13.5 Å². The molecule has 0 aliphatic carbocycles. The Hall–Kier alpha value is -2.98. The summed E-state index contributed by atoms with van der Waals surface area (Å²) in [6.07, 6.45) is 0. The molecule has 10 heteroatoms. The van der Waals surface area contributed by atoms with Crippen molar-refractivity contribution in [1.82, 2.24) is 10.3 Å². The van der Waals surface area contributed by atoms with E-state index in [1.54, 1.807) is 11.3 Å². The number of thiazole rings is 1. The van der Waals surface area contributed by atoms with Gasteiger partial charge in [-0.2, -0.15) is 0 Å². The minimum absolute atomic E-state index is 0.0222. The summed E-state index contributed by atoms with van der Waals surface area (Å²) in [5.74, 6) is 0.0437. The highest BCUT2D eigenvalue weighted by atomic mass is 32.1. The third-order valence-electron chi connectivity index (χ3n) is 3.89. The Balaban J connectivity index is 1.50. The normalized spacial score (nSPS) is 12.2. The van der Waals surface area contributed by atoms with Crippen molar-refractivity contribution in [2.24, 2.45) is 0 Å². The number of ether oxygens (including phenoxy) is 2. The van der Waals surface area contributed by atoms with E-state index in [-0.39, 0.29) is 30.3 Å². The Morgan fingerprint density at radius 2 is 2.11 bits per heavy atom. The van der Waals surface area contributed by atoms with E-state index in [0.717, 1.165) is 20.5 Å². The number of fused-ring (bicyclic) bond motifs is 1. The summed E-state index contributed by atoms with van der Waals surface area (Å²) in [6.45, 7) is 2.19. The van der Waals surface area contributed by atoms with Gasteiger partial charge in [0.2, 0.25) is 6.79 Å². The maximum Gasteiger partial charge on any atom is 0.286 e. The minimum atomic E-state index is -0.606. The molecule has 0 fully saturated rings. The number of rotatable bonds is 5. The number of carbonyl (C=O) groups excluding carboxylic acids is 1. The fraction of sp³-hybridized carbons (Fsp3) is 0.176. The zero-order chi connectivity index (χ0) is 19.0. The highest BCUT2D eigenvalue weighted by Gasteiger charge is 2.27. The van der Waals surface area contributed by atoms with Crippen LogP contribution in [0.15, 0.2) is 29.6 Å². The van der Waals surface area contributed by atoms with Crippen molar-refractivity contribution in [3.8, 4) is 22.1 Å². The predicted octanol–water partition coefficient (Wildman–Crippen LogP) is 3.75. The van der Waals surface area contributed by atoms with Crippen LogP contribution in [0, 0.1) is 17.0 Å². The lowest BCUT2D eigenvalue weighted by Crippen LogP contribution is -2.23. The largest absolute Gasteiger partial charge is 0.454 e. The molecular formula is C17H13N3O5S2. The third kappa shape index (κ3) is 3.49. The molecule has 2 aromatic heterocycles. The van der Waals surface area contributed by atoms with Gasteiger partial charge in [0, 0.05) is 16.3 Å². The molecule has 0 saturated carbocycles. The summed E-state index contributed by atoms with van der Waals surface area (Å²) >= 11 is 3.10. The average molecular weight is 403 g/mol. The molecule has 3 heterocycles. The Morgan fingerprint density at radius 3 is 2.81 bits per heavy atom. The summed E-state index contributed by atoms with van der Waals surface area (Å²) in [5.41, 5.74) is 0.532. The van der Waals surface area contributed by atoms with Crippen molar-refractivity contribution in [3.05, 3.63) is 55.2 Å². The number of benzene rings is 1. The highest BCUT2D eigenvalue weighted by molar-refractivity contribution is 7.16. The number of nitro benzene ring substituents is 1. The number of thiophene rings is 1. The molecule has 0 saturated heterocycles. The van der Waals surface area contributed by atoms with Crippen LogP contribution in [0.1, 0.15) is 20.2 Å². The van der Waals surface area contributed by atoms with Crippen LogP contribution in [0.2, 0.25) is 0 Å². The molecule has 1 aromatic carbocycles. The van der Waals surface area contributed by atoms with Gasteiger partial charge in [-0.1, -0.05) is 0 Å². The second-order valence-electron chi connectivity index (χ2n) is 5.68. The fourth-order valence-electron chi connectivity index (χ4n) is 2.61. The summed E-state index contributed by atoms with van der Waals surface area (Å²) in [4.78, 5) is 29.6. The molecule has 1 amide bonds. The lowest BCUT2D eigenvalue weighted by molar-refractivity contribution is -0.385. The lowest BCUT2D eigenvalue weighted by atomic mass is 10.1. The van der Waals surface area contributed by atoms with E-state index in [4.69, 9.17) is 9.47 Å². The van der Waals surface area contributed by atoms with Crippen molar-refractivity contribution in [3.63, 3.8) is 0 Å². The number of nitrogens with one attached hydrogen (secondary N) is 1. The number of hydrogen-bond donors (Lipinski definition) is 1. The van der Waals surface area contributed by atoms with E-state index in [1.807, 2.05) is 24.4 Å². The summed E-state index contributed by atoms with van der Waals surface area (Å²) in [7, 11) is 0. The first-order valence-corrected chi connectivity index (χ1v) is 9.58. The Labute approximate surface area is 161 Å². The average Bonchev–Trinajstić information content (AvgIpc) is 3.38. The van der Waals surface area contributed by atoms with E-state index in [9.17, 15) is 14.9 Å². The van der Waals surface area contributed by atoms with Gasteiger partial charge in [0.1, 0.15) is 5.56 Å². The van der Waals surface area contributed by atoms with Crippen LogP contribution in [0.25, 0.3) is 10.6 Å². The SMILES string of the molecule is Cc1nc(-c2ccc(CNC(=O)c3cc4c(cc3[N+](=O)[O-])OCO4)s2)cs1. The molecule has 138 valence electrons. The first-order valence-electron chi connectivity index (χ1n) is 7.88. The van der Waals surface area contributed by atoms with E-state index in [2.05, 4.69) is 10.3 Å². The zero-order valence-corrected chi connectivity index (χ0v) is 15.7. The standard InChI is InChI=1S/C17H13N3O5S2/c1-9-19-12(7-26-9)16-3-2-10(27-16)6-18-17(21)11-4-14-15(25-8-24-14)5-13(11)20(22)23/h2-5,7H,6,8H2,1H3,(H,18,21). The number of amides is 1. The summed E-state index contributed by atoms with van der Waals surface area (Å²) in [6, 6.07) is 6.41. The second-order valence-corrected chi connectivity index (χ2v) is 7.91. The van der Waals surface area contributed by atoms with Gasteiger partial charge in [0.15, 0.2) is 11.5 Å². The van der Waals surface area contributed by atoms with Gasteiger partial charge in [0.25, 0.3) is 11.6 Å². The van der Waals surface area contributed by atoms with Crippen molar-refractivity contribution >= 4 is 34.3 Å². The van der Waals surface area contributed by atoms with Crippen LogP contribution in [0.5, 0.6) is 11.5 Å². The van der Waals surface area contributed by atoms with Gasteiger partial charge in [-0.05, 0) is 19.1 Å². The van der Waals surface area contributed by atoms with Gasteiger partial charge >= 0.3 is 0 Å². The molecule has 0 spiro atoms. The molecule has 1 N–H and O–H groups in total. The maximum atomic E-state index is 12.5. The van der Waals surface area contributed by atoms with Crippen LogP contribution < -0.4 is 14.8 Å². The molecule has 0 radical (unpaired) electrons. The van der Waals surface area contributed by atoms with Crippen molar-refractivity contribution in [2.75, 3.05) is 6.79 Å². The number of nitro groups is 1. The molecular weight excluding hydrogens is 390 g/mol. The summed E-state index contributed by atoms with van der Waals surface area (Å²) < 4.78 is 10.4. The smallest absolute Gasteiger partial charge is 0.286 e. The van der Waals surface area contributed by atoms with E-state index >= 15 is 0 Å².